The van der Waals surface area contributed by atoms with Crippen molar-refractivity contribution in [2.45, 2.75) is 59.9 Å². The molecule has 0 aliphatic rings. The van der Waals surface area contributed by atoms with Gasteiger partial charge in [0.05, 0.1) is 0 Å². The molecule has 0 heterocycles. The van der Waals surface area contributed by atoms with Crippen molar-refractivity contribution in [2.75, 3.05) is 0 Å². The predicted octanol–water partition coefficient (Wildman–Crippen LogP) is 2.02. The van der Waals surface area contributed by atoms with E-state index in [-0.39, 0.29) is 0 Å². The van der Waals surface area contributed by atoms with Gasteiger partial charge < -0.3 is 15.3 Å². The topological polar surface area (TPSA) is 69.2 Å². The van der Waals surface area contributed by atoms with Gasteiger partial charge in [0.1, 0.15) is 0 Å². The Bertz CT molecular complexity index is 101. The van der Waals surface area contributed by atoms with Crippen LogP contribution in [0.2, 0.25) is 0 Å². The van der Waals surface area contributed by atoms with Crippen molar-refractivity contribution in [3.05, 3.63) is 0 Å². The summed E-state index contributed by atoms with van der Waals surface area (Å²) < 4.78 is 0. The molecular formula is C9H21Cl4O3Ti-3. The molecule has 0 unspecified atom stereocenters. The van der Waals surface area contributed by atoms with E-state index in [1.807, 2.05) is 0 Å². The van der Waals surface area contributed by atoms with E-state index in [4.69, 9.17) is 37.2 Å². The average Bonchev–Trinajstić information content (AvgIpc) is 1.73. The van der Waals surface area contributed by atoms with Crippen LogP contribution in [0.15, 0.2) is 0 Å². The van der Waals surface area contributed by atoms with Crippen molar-refractivity contribution < 1.29 is 27.7 Å². The van der Waals surface area contributed by atoms with E-state index in [1.54, 1.807) is 41.5 Å². The van der Waals surface area contributed by atoms with Crippen LogP contribution >= 0.6 is 37.2 Å². The van der Waals surface area contributed by atoms with Crippen LogP contribution in [-0.4, -0.2) is 18.3 Å². The first-order chi connectivity index (χ1) is 7.20. The van der Waals surface area contributed by atoms with E-state index in [2.05, 4.69) is 0 Å². The van der Waals surface area contributed by atoms with Crippen LogP contribution in [0.4, 0.5) is 0 Å². The van der Waals surface area contributed by atoms with Gasteiger partial charge in [-0.05, 0) is 0 Å². The second-order valence-electron chi connectivity index (χ2n) is 3.57. The molecule has 0 fully saturated rings. The molecule has 0 bridgehead atoms. The zero-order valence-corrected chi connectivity index (χ0v) is 15.6. The molecule has 0 spiro atoms. The summed E-state index contributed by atoms with van der Waals surface area (Å²) in [5.74, 6) is 0. The molecular weight excluding hydrogens is 346 g/mol. The Morgan fingerprint density at radius 2 is 0.588 bits per heavy atom. The molecule has 8 heteroatoms. The molecule has 0 aliphatic heterocycles. The first-order valence-electron chi connectivity index (χ1n) is 4.93. The number of hydrogen-bond donors (Lipinski definition) is 0. The van der Waals surface area contributed by atoms with Crippen molar-refractivity contribution in [1.82, 2.24) is 0 Å². The Labute approximate surface area is 124 Å². The summed E-state index contributed by atoms with van der Waals surface area (Å²) in [5.41, 5.74) is 0. The van der Waals surface area contributed by atoms with Crippen LogP contribution in [0.3, 0.4) is 0 Å². The minimum atomic E-state index is -3.11. The zero-order chi connectivity index (χ0) is 15.2. The summed E-state index contributed by atoms with van der Waals surface area (Å²) in [6.45, 7) is 9.67. The molecule has 0 N–H and O–H groups in total. The van der Waals surface area contributed by atoms with E-state index < -0.39 is 30.7 Å². The first kappa shape index (κ1) is 27.2. The van der Waals surface area contributed by atoms with Gasteiger partial charge in [-0.2, -0.15) is 0 Å². The van der Waals surface area contributed by atoms with Gasteiger partial charge in [-0.15, -0.1) is 18.3 Å². The van der Waals surface area contributed by atoms with Crippen molar-refractivity contribution >= 4 is 37.2 Å². The van der Waals surface area contributed by atoms with E-state index in [0.29, 0.717) is 0 Å². The van der Waals surface area contributed by atoms with Crippen LogP contribution in [0, 0.1) is 0 Å². The fraction of sp³-hybridized carbons (Fsp3) is 1.00. The summed E-state index contributed by atoms with van der Waals surface area (Å²) in [6, 6.07) is 0. The maximum absolute atomic E-state index is 9.53. The van der Waals surface area contributed by atoms with Gasteiger partial charge in [-0.1, -0.05) is 41.5 Å². The molecule has 110 valence electrons. The first-order valence-corrected chi connectivity index (χ1v) is 13.5. The van der Waals surface area contributed by atoms with Gasteiger partial charge >= 0.3 is 49.6 Å². The molecule has 3 nitrogen and oxygen atoms in total. The molecule has 0 atom stereocenters. The second kappa shape index (κ2) is 17.8. The van der Waals surface area contributed by atoms with Gasteiger partial charge in [-0.25, -0.2) is 0 Å². The number of rotatable bonds is 0. The van der Waals surface area contributed by atoms with Gasteiger partial charge in [0.25, 0.3) is 0 Å². The number of hydrogen-bond acceptors (Lipinski definition) is 3. The van der Waals surface area contributed by atoms with Crippen molar-refractivity contribution in [1.29, 1.82) is 0 Å². The van der Waals surface area contributed by atoms with Crippen LogP contribution < -0.4 is 15.3 Å². The molecule has 0 aromatic heterocycles. The summed E-state index contributed by atoms with van der Waals surface area (Å²) in [4.78, 5) is 0. The van der Waals surface area contributed by atoms with Gasteiger partial charge in [-0.3, -0.25) is 0 Å². The molecule has 17 heavy (non-hydrogen) atoms. The van der Waals surface area contributed by atoms with Crippen LogP contribution in [0.5, 0.6) is 0 Å². The number of halogens is 4. The van der Waals surface area contributed by atoms with E-state index in [0.717, 1.165) is 0 Å². The quantitative estimate of drug-likeness (QED) is 0.616. The molecule has 0 saturated carbocycles. The van der Waals surface area contributed by atoms with Crippen LogP contribution in [0.1, 0.15) is 41.5 Å². The summed E-state index contributed by atoms with van der Waals surface area (Å²) in [7, 11) is 20.1. The second-order valence-corrected chi connectivity index (χ2v) is 19.0. The Morgan fingerprint density at radius 1 is 0.588 bits per heavy atom. The van der Waals surface area contributed by atoms with E-state index >= 15 is 0 Å². The summed E-state index contributed by atoms with van der Waals surface area (Å²) in [5, 5.41) is 28.6. The Balaban J connectivity index is -0.0000000667. The molecule has 0 aromatic rings. The fourth-order valence-corrected chi connectivity index (χ4v) is 0. The molecule has 0 rings (SSSR count). The Kier molecular flexibility index (Phi) is 28.4. The maximum atomic E-state index is 9.53. The van der Waals surface area contributed by atoms with E-state index in [1.165, 1.54) is 0 Å². The normalized spacial score (nSPS) is 9.88. The third-order valence-corrected chi connectivity index (χ3v) is 0. The minimum absolute atomic E-state index is 0.417. The third-order valence-electron chi connectivity index (χ3n) is 0. The van der Waals surface area contributed by atoms with Gasteiger partial charge in [0, 0.05) is 0 Å². The van der Waals surface area contributed by atoms with Crippen molar-refractivity contribution in [3.8, 4) is 0 Å². The van der Waals surface area contributed by atoms with Crippen LogP contribution in [-0.2, 0) is 12.3 Å². The summed E-state index contributed by atoms with van der Waals surface area (Å²) >= 11 is -3.11. The molecule has 0 radical (unpaired) electrons. The third kappa shape index (κ3) is 1430. The zero-order valence-electron chi connectivity index (χ0n) is 11.0. The standard InChI is InChI=1S/3C3H7O.4ClH.Ti/c3*1-3(2)4;;;;;/h3*3H,1-2H3;4*1H;/q3*-1;;;;;+4/p-4. The Morgan fingerprint density at radius 3 is 0.588 bits per heavy atom. The van der Waals surface area contributed by atoms with Gasteiger partial charge in [0.2, 0.25) is 0 Å². The van der Waals surface area contributed by atoms with Gasteiger partial charge in [0.15, 0.2) is 0 Å². The van der Waals surface area contributed by atoms with E-state index in [9.17, 15) is 15.3 Å². The van der Waals surface area contributed by atoms with Crippen molar-refractivity contribution in [2.24, 2.45) is 0 Å². The van der Waals surface area contributed by atoms with Crippen molar-refractivity contribution in [3.63, 3.8) is 0 Å². The predicted molar refractivity (Wildman–Crippen MR) is 68.8 cm³/mol. The molecule has 0 aliphatic carbocycles. The molecule has 0 aromatic carbocycles. The SMILES string of the molecule is CC(C)[O-].CC(C)[O-].CC(C)[O-].[Cl][Ti]([Cl])([Cl])[Cl]. The molecule has 0 amide bonds. The monoisotopic (exact) mass is 365 g/mol. The summed E-state index contributed by atoms with van der Waals surface area (Å²) in [6.07, 6.45) is -1.25. The Hall–Kier alpha value is 1.75. The fourth-order valence-electron chi connectivity index (χ4n) is 0. The average molecular weight is 367 g/mol. The van der Waals surface area contributed by atoms with Crippen LogP contribution in [0.25, 0.3) is 0 Å². The molecule has 0 saturated heterocycles.